The van der Waals surface area contributed by atoms with Crippen LogP contribution < -0.4 is 0 Å². The van der Waals surface area contributed by atoms with Gasteiger partial charge in [-0.05, 0) is 40.2 Å². The minimum atomic E-state index is -1.62. The van der Waals surface area contributed by atoms with Gasteiger partial charge in [-0.25, -0.2) is 13.2 Å². The Morgan fingerprint density at radius 2 is 1.83 bits per heavy atom. The lowest BCUT2D eigenvalue weighted by Crippen LogP contribution is -2.07. The number of benzene rings is 1. The maximum Gasteiger partial charge on any atom is 0.195 e. The zero-order chi connectivity index (χ0) is 13.3. The van der Waals surface area contributed by atoms with Gasteiger partial charge in [-0.15, -0.1) is 11.3 Å². The van der Waals surface area contributed by atoms with E-state index in [1.807, 2.05) is 0 Å². The fourth-order valence-corrected chi connectivity index (χ4v) is 2.92. The summed E-state index contributed by atoms with van der Waals surface area (Å²) in [6, 6.07) is 5.17. The zero-order valence-corrected chi connectivity index (χ0v) is 11.2. The third-order valence-electron chi connectivity index (χ3n) is 2.30. The van der Waals surface area contributed by atoms with E-state index in [0.29, 0.717) is 0 Å². The highest BCUT2D eigenvalue weighted by atomic mass is 79.9. The second-order valence-corrected chi connectivity index (χ2v) is 6.08. The number of halogens is 4. The Labute approximate surface area is 113 Å². The van der Waals surface area contributed by atoms with Gasteiger partial charge in [0.2, 0.25) is 0 Å². The normalized spacial score (nSPS) is 10.7. The average molecular weight is 335 g/mol. The summed E-state index contributed by atoms with van der Waals surface area (Å²) in [5.74, 6) is -4.94. The Bertz CT molecular complexity index is 609. The van der Waals surface area contributed by atoms with Crippen LogP contribution in [0.25, 0.3) is 0 Å². The minimum Gasteiger partial charge on any atom is -0.294 e. The maximum absolute atomic E-state index is 13.4. The molecule has 2 rings (SSSR count). The topological polar surface area (TPSA) is 17.1 Å². The van der Waals surface area contributed by atoms with Crippen molar-refractivity contribution < 1.29 is 18.0 Å². The molecular weight excluding hydrogens is 329 g/mol. The number of carbonyl (C=O) groups is 1. The first kappa shape index (κ1) is 13.3. The standard InChI is InChI=1S/C12H6BrF3OS/c13-10-4-1-6(18-10)5-9(17)7-2-3-8(14)12(16)11(7)15/h1-4H,5H2. The van der Waals surface area contributed by atoms with Crippen LogP contribution in [0.4, 0.5) is 13.2 Å². The third-order valence-corrected chi connectivity index (χ3v) is 3.92. The first-order valence-electron chi connectivity index (χ1n) is 4.90. The average Bonchev–Trinajstić information content (AvgIpc) is 2.71. The van der Waals surface area contributed by atoms with Gasteiger partial charge in [0.25, 0.3) is 0 Å². The molecule has 0 bridgehead atoms. The fraction of sp³-hybridized carbons (Fsp3) is 0.0833. The number of hydrogen-bond acceptors (Lipinski definition) is 2. The Morgan fingerprint density at radius 3 is 2.44 bits per heavy atom. The van der Waals surface area contributed by atoms with E-state index in [-0.39, 0.29) is 6.42 Å². The summed E-state index contributed by atoms with van der Waals surface area (Å²) in [5.41, 5.74) is -0.432. The molecule has 0 radical (unpaired) electrons. The van der Waals surface area contributed by atoms with E-state index in [2.05, 4.69) is 15.9 Å². The number of thiophene rings is 1. The maximum atomic E-state index is 13.4. The quantitative estimate of drug-likeness (QED) is 0.602. The second-order valence-electron chi connectivity index (χ2n) is 3.53. The smallest absolute Gasteiger partial charge is 0.195 e. The van der Waals surface area contributed by atoms with E-state index in [0.717, 1.165) is 20.8 Å². The van der Waals surface area contributed by atoms with Gasteiger partial charge in [0, 0.05) is 11.3 Å². The number of ketones is 1. The summed E-state index contributed by atoms with van der Waals surface area (Å²) in [7, 11) is 0. The Kier molecular flexibility index (Phi) is 3.87. The monoisotopic (exact) mass is 334 g/mol. The summed E-state index contributed by atoms with van der Waals surface area (Å²) in [6.45, 7) is 0. The summed E-state index contributed by atoms with van der Waals surface area (Å²) >= 11 is 4.57. The second kappa shape index (κ2) is 5.24. The number of carbonyl (C=O) groups excluding carboxylic acids is 1. The molecule has 0 spiro atoms. The molecule has 2 aromatic rings. The Hall–Kier alpha value is -1.14. The molecule has 0 saturated heterocycles. The predicted octanol–water partition coefficient (Wildman–Crippen LogP) is 4.35. The molecule has 0 amide bonds. The molecule has 0 aliphatic carbocycles. The van der Waals surface area contributed by atoms with Crippen molar-refractivity contribution in [3.05, 3.63) is 55.9 Å². The summed E-state index contributed by atoms with van der Waals surface area (Å²) < 4.78 is 39.9. The van der Waals surface area contributed by atoms with Crippen LogP contribution in [0.3, 0.4) is 0 Å². The van der Waals surface area contributed by atoms with Crippen molar-refractivity contribution in [3.8, 4) is 0 Å². The Morgan fingerprint density at radius 1 is 1.11 bits per heavy atom. The van der Waals surface area contributed by atoms with E-state index in [1.165, 1.54) is 11.3 Å². The third kappa shape index (κ3) is 2.64. The SMILES string of the molecule is O=C(Cc1ccc(Br)s1)c1ccc(F)c(F)c1F. The van der Waals surface area contributed by atoms with E-state index in [9.17, 15) is 18.0 Å². The van der Waals surface area contributed by atoms with Crippen LogP contribution in [0.5, 0.6) is 0 Å². The van der Waals surface area contributed by atoms with E-state index in [4.69, 9.17) is 0 Å². The van der Waals surface area contributed by atoms with Gasteiger partial charge in [0.15, 0.2) is 23.2 Å². The molecule has 0 aliphatic heterocycles. The summed E-state index contributed by atoms with van der Waals surface area (Å²) in [5, 5.41) is 0. The van der Waals surface area contributed by atoms with Crippen molar-refractivity contribution in [1.29, 1.82) is 0 Å². The molecule has 1 heterocycles. The lowest BCUT2D eigenvalue weighted by Gasteiger charge is -2.02. The van der Waals surface area contributed by atoms with Gasteiger partial charge in [0.1, 0.15) is 0 Å². The molecule has 1 nitrogen and oxygen atoms in total. The summed E-state index contributed by atoms with van der Waals surface area (Å²) in [4.78, 5) is 12.5. The van der Waals surface area contributed by atoms with Crippen LogP contribution in [0.2, 0.25) is 0 Å². The van der Waals surface area contributed by atoms with Crippen molar-refractivity contribution in [3.63, 3.8) is 0 Å². The Balaban J connectivity index is 2.27. The van der Waals surface area contributed by atoms with Crippen molar-refractivity contribution in [1.82, 2.24) is 0 Å². The molecule has 0 atom stereocenters. The van der Waals surface area contributed by atoms with E-state index >= 15 is 0 Å². The molecule has 0 unspecified atom stereocenters. The highest BCUT2D eigenvalue weighted by Crippen LogP contribution is 2.24. The lowest BCUT2D eigenvalue weighted by molar-refractivity contribution is 0.0988. The van der Waals surface area contributed by atoms with Crippen molar-refractivity contribution in [2.24, 2.45) is 0 Å². The predicted molar refractivity (Wildman–Crippen MR) is 66.4 cm³/mol. The van der Waals surface area contributed by atoms with Gasteiger partial charge in [-0.2, -0.15) is 0 Å². The molecular formula is C12H6BrF3OS. The van der Waals surface area contributed by atoms with Gasteiger partial charge in [0.05, 0.1) is 9.35 Å². The van der Waals surface area contributed by atoms with Crippen LogP contribution in [0.1, 0.15) is 15.2 Å². The van der Waals surface area contributed by atoms with Gasteiger partial charge in [-0.1, -0.05) is 0 Å². The largest absolute Gasteiger partial charge is 0.294 e. The lowest BCUT2D eigenvalue weighted by atomic mass is 10.1. The fourth-order valence-electron chi connectivity index (χ4n) is 1.44. The highest BCUT2D eigenvalue weighted by Gasteiger charge is 2.19. The molecule has 18 heavy (non-hydrogen) atoms. The van der Waals surface area contributed by atoms with Crippen LogP contribution in [-0.2, 0) is 6.42 Å². The minimum absolute atomic E-state index is 0.0434. The molecule has 6 heteroatoms. The summed E-state index contributed by atoms with van der Waals surface area (Å²) in [6.07, 6.45) is -0.0434. The molecule has 0 aliphatic rings. The van der Waals surface area contributed by atoms with Crippen LogP contribution in [-0.4, -0.2) is 5.78 Å². The van der Waals surface area contributed by atoms with Crippen molar-refractivity contribution in [2.75, 3.05) is 0 Å². The number of hydrogen-bond donors (Lipinski definition) is 0. The first-order chi connectivity index (χ1) is 8.49. The van der Waals surface area contributed by atoms with E-state index < -0.39 is 28.8 Å². The molecule has 1 aromatic heterocycles. The van der Waals surface area contributed by atoms with Gasteiger partial charge >= 0.3 is 0 Å². The van der Waals surface area contributed by atoms with Crippen LogP contribution in [0, 0.1) is 17.5 Å². The molecule has 0 fully saturated rings. The highest BCUT2D eigenvalue weighted by molar-refractivity contribution is 9.11. The van der Waals surface area contributed by atoms with Crippen molar-refractivity contribution >= 4 is 33.0 Å². The van der Waals surface area contributed by atoms with Crippen molar-refractivity contribution in [2.45, 2.75) is 6.42 Å². The number of rotatable bonds is 3. The molecule has 1 aromatic carbocycles. The number of Topliss-reactive ketones (excluding diaryl/α,β-unsaturated/α-hetero) is 1. The van der Waals surface area contributed by atoms with E-state index in [1.54, 1.807) is 12.1 Å². The van der Waals surface area contributed by atoms with Crippen LogP contribution >= 0.6 is 27.3 Å². The first-order valence-corrected chi connectivity index (χ1v) is 6.51. The molecule has 94 valence electrons. The van der Waals surface area contributed by atoms with Gasteiger partial charge in [-0.3, -0.25) is 4.79 Å². The molecule has 0 saturated carbocycles. The van der Waals surface area contributed by atoms with Crippen LogP contribution in [0.15, 0.2) is 28.1 Å². The zero-order valence-electron chi connectivity index (χ0n) is 8.84. The molecule has 0 N–H and O–H groups in total. The van der Waals surface area contributed by atoms with Gasteiger partial charge < -0.3 is 0 Å².